The molecule has 2 rings (SSSR count). The highest BCUT2D eigenvalue weighted by molar-refractivity contribution is 5.84. The number of carbonyl (C=O) groups is 2. The van der Waals surface area contributed by atoms with Crippen LogP contribution in [0.25, 0.3) is 0 Å². The number of hydrogen-bond donors (Lipinski definition) is 3. The molecule has 0 fully saturated rings. The fourth-order valence-electron chi connectivity index (χ4n) is 2.36. The number of hydrogen-bond acceptors (Lipinski definition) is 5. The van der Waals surface area contributed by atoms with Gasteiger partial charge in [-0.15, -0.1) is 0 Å². The lowest BCUT2D eigenvalue weighted by Crippen LogP contribution is -2.36. The molecule has 1 atom stereocenters. The summed E-state index contributed by atoms with van der Waals surface area (Å²) in [5, 5.41) is 14.8. The van der Waals surface area contributed by atoms with E-state index < -0.39 is 23.8 Å². The Bertz CT molecular complexity index is 770. The number of aliphatic hydroxyl groups is 1. The van der Waals surface area contributed by atoms with Gasteiger partial charge < -0.3 is 19.9 Å². The second-order valence-electron chi connectivity index (χ2n) is 7.19. The number of carbonyl (C=O) groups excluding carboxylic acids is 2. The van der Waals surface area contributed by atoms with Gasteiger partial charge in [0.05, 0.1) is 12.6 Å². The van der Waals surface area contributed by atoms with Gasteiger partial charge in [-0.25, -0.2) is 9.59 Å². The Kier molecular flexibility index (Phi) is 7.40. The van der Waals surface area contributed by atoms with E-state index >= 15 is 0 Å². The number of aliphatic hydroxyl groups excluding tert-OH is 1. The maximum Gasteiger partial charge on any atom is 0.411 e. The number of amides is 2. The van der Waals surface area contributed by atoms with Gasteiger partial charge in [-0.05, 0) is 44.0 Å². The molecular weight excluding hydrogens is 360 g/mol. The summed E-state index contributed by atoms with van der Waals surface area (Å²) in [6.45, 7) is 5.18. The smallest absolute Gasteiger partial charge is 0.411 e. The molecule has 2 aromatic rings. The highest BCUT2D eigenvalue weighted by Gasteiger charge is 2.20. The summed E-state index contributed by atoms with van der Waals surface area (Å²) in [6.07, 6.45) is -1.18. The van der Waals surface area contributed by atoms with Crippen LogP contribution in [0.3, 0.4) is 0 Å². The molecule has 0 spiro atoms. The van der Waals surface area contributed by atoms with E-state index in [9.17, 15) is 14.7 Å². The van der Waals surface area contributed by atoms with Crippen LogP contribution in [0.1, 0.15) is 37.9 Å². The number of alkyl carbamates (subject to hydrolysis) is 1. The van der Waals surface area contributed by atoms with Crippen molar-refractivity contribution in [3.63, 3.8) is 0 Å². The summed E-state index contributed by atoms with van der Waals surface area (Å²) in [5.74, 6) is 0. The molecule has 3 N–H and O–H groups in total. The maximum atomic E-state index is 11.9. The number of nitrogens with one attached hydrogen (secondary N) is 2. The fraction of sp³-hybridized carbons (Fsp3) is 0.333. The zero-order valence-corrected chi connectivity index (χ0v) is 16.3. The number of rotatable bonds is 6. The van der Waals surface area contributed by atoms with Crippen LogP contribution in [0.2, 0.25) is 0 Å². The van der Waals surface area contributed by atoms with Crippen LogP contribution in [0.4, 0.5) is 15.3 Å². The van der Waals surface area contributed by atoms with Gasteiger partial charge in [0.1, 0.15) is 12.2 Å². The summed E-state index contributed by atoms with van der Waals surface area (Å²) >= 11 is 0. The minimum atomic E-state index is -0.627. The fourth-order valence-corrected chi connectivity index (χ4v) is 2.36. The van der Waals surface area contributed by atoms with Crippen molar-refractivity contribution >= 4 is 17.9 Å². The van der Waals surface area contributed by atoms with E-state index in [0.717, 1.165) is 5.56 Å². The standard InChI is InChI=1S/C21H26N2O5/c1-21(2,3)28-20(26)23-18(13-24)16-9-11-17(12-10-16)22-19(25)27-14-15-7-5-4-6-8-15/h4-12,18,24H,13-14H2,1-3H3,(H,22,25)(H,23,26)/t18-/m1/s1. The molecule has 2 amide bonds. The predicted molar refractivity (Wildman–Crippen MR) is 106 cm³/mol. The molecular formula is C21H26N2O5. The van der Waals surface area contributed by atoms with Crippen molar-refractivity contribution in [2.24, 2.45) is 0 Å². The third-order valence-electron chi connectivity index (χ3n) is 3.65. The largest absolute Gasteiger partial charge is 0.444 e. The topological polar surface area (TPSA) is 96.9 Å². The van der Waals surface area contributed by atoms with Crippen LogP contribution in [0, 0.1) is 0 Å². The number of benzene rings is 2. The average molecular weight is 386 g/mol. The highest BCUT2D eigenvalue weighted by Crippen LogP contribution is 2.18. The van der Waals surface area contributed by atoms with Crippen LogP contribution in [-0.4, -0.2) is 29.5 Å². The van der Waals surface area contributed by atoms with E-state index in [2.05, 4.69) is 10.6 Å². The molecule has 28 heavy (non-hydrogen) atoms. The van der Waals surface area contributed by atoms with Crippen molar-refractivity contribution in [2.45, 2.75) is 39.0 Å². The number of anilines is 1. The van der Waals surface area contributed by atoms with Crippen LogP contribution < -0.4 is 10.6 Å². The first kappa shape index (κ1) is 21.2. The van der Waals surface area contributed by atoms with Crippen molar-refractivity contribution in [1.82, 2.24) is 5.32 Å². The van der Waals surface area contributed by atoms with Crippen LogP contribution in [0.5, 0.6) is 0 Å². The monoisotopic (exact) mass is 386 g/mol. The Labute approximate surface area is 164 Å². The lowest BCUT2D eigenvalue weighted by Gasteiger charge is -2.23. The molecule has 0 saturated carbocycles. The van der Waals surface area contributed by atoms with E-state index in [-0.39, 0.29) is 13.2 Å². The maximum absolute atomic E-state index is 11.9. The zero-order chi connectivity index (χ0) is 20.6. The third kappa shape index (κ3) is 7.28. The molecule has 2 aromatic carbocycles. The molecule has 0 aliphatic heterocycles. The van der Waals surface area contributed by atoms with Crippen LogP contribution >= 0.6 is 0 Å². The molecule has 0 heterocycles. The molecule has 0 bridgehead atoms. The highest BCUT2D eigenvalue weighted by atomic mass is 16.6. The lowest BCUT2D eigenvalue weighted by molar-refractivity contribution is 0.0482. The van der Waals surface area contributed by atoms with Gasteiger partial charge in [-0.3, -0.25) is 5.32 Å². The predicted octanol–water partition coefficient (Wildman–Crippen LogP) is 3.99. The van der Waals surface area contributed by atoms with Gasteiger partial charge in [0, 0.05) is 5.69 Å². The van der Waals surface area contributed by atoms with Gasteiger partial charge >= 0.3 is 12.2 Å². The average Bonchev–Trinajstić information content (AvgIpc) is 2.65. The normalized spacial score (nSPS) is 12.0. The Morgan fingerprint density at radius 3 is 2.21 bits per heavy atom. The summed E-state index contributed by atoms with van der Waals surface area (Å²) in [5.41, 5.74) is 1.48. The second kappa shape index (κ2) is 9.75. The quantitative estimate of drug-likeness (QED) is 0.697. The van der Waals surface area contributed by atoms with Gasteiger partial charge in [-0.2, -0.15) is 0 Å². The molecule has 7 nitrogen and oxygen atoms in total. The lowest BCUT2D eigenvalue weighted by atomic mass is 10.1. The van der Waals surface area contributed by atoms with Gasteiger partial charge in [0.2, 0.25) is 0 Å². The van der Waals surface area contributed by atoms with Crippen molar-refractivity contribution in [1.29, 1.82) is 0 Å². The Balaban J connectivity index is 1.88. The van der Waals surface area contributed by atoms with E-state index in [4.69, 9.17) is 9.47 Å². The van der Waals surface area contributed by atoms with Gasteiger partial charge in [0.15, 0.2) is 0 Å². The minimum absolute atomic E-state index is 0.178. The first-order chi connectivity index (χ1) is 13.3. The van der Waals surface area contributed by atoms with Crippen LogP contribution in [0.15, 0.2) is 54.6 Å². The third-order valence-corrected chi connectivity index (χ3v) is 3.65. The molecule has 0 unspecified atom stereocenters. The first-order valence-electron chi connectivity index (χ1n) is 8.95. The van der Waals surface area contributed by atoms with E-state index in [1.165, 1.54) is 0 Å². The van der Waals surface area contributed by atoms with E-state index in [0.29, 0.717) is 11.3 Å². The molecule has 0 aliphatic carbocycles. The molecule has 0 radical (unpaired) electrons. The number of ether oxygens (including phenoxy) is 2. The van der Waals surface area contributed by atoms with Crippen molar-refractivity contribution in [3.05, 3.63) is 65.7 Å². The summed E-state index contributed by atoms with van der Waals surface area (Å²) in [7, 11) is 0. The Morgan fingerprint density at radius 1 is 1.00 bits per heavy atom. The van der Waals surface area contributed by atoms with Gasteiger partial charge in [0.25, 0.3) is 0 Å². The Hall–Kier alpha value is -3.06. The molecule has 0 saturated heterocycles. The molecule has 0 aliphatic rings. The molecule has 7 heteroatoms. The second-order valence-corrected chi connectivity index (χ2v) is 7.19. The summed E-state index contributed by atoms with van der Waals surface area (Å²) in [4.78, 5) is 23.8. The molecule has 150 valence electrons. The minimum Gasteiger partial charge on any atom is -0.444 e. The van der Waals surface area contributed by atoms with E-state index in [1.54, 1.807) is 45.0 Å². The Morgan fingerprint density at radius 2 is 1.64 bits per heavy atom. The summed E-state index contributed by atoms with van der Waals surface area (Å²) in [6, 6.07) is 15.5. The SMILES string of the molecule is CC(C)(C)OC(=O)N[C@H](CO)c1ccc(NC(=O)OCc2ccccc2)cc1. The van der Waals surface area contributed by atoms with Crippen molar-refractivity contribution < 1.29 is 24.2 Å². The van der Waals surface area contributed by atoms with Crippen molar-refractivity contribution in [3.8, 4) is 0 Å². The van der Waals surface area contributed by atoms with E-state index in [1.807, 2.05) is 30.3 Å². The zero-order valence-electron chi connectivity index (χ0n) is 16.3. The summed E-state index contributed by atoms with van der Waals surface area (Å²) < 4.78 is 10.4. The molecule has 0 aromatic heterocycles. The van der Waals surface area contributed by atoms with Gasteiger partial charge in [-0.1, -0.05) is 42.5 Å². The first-order valence-corrected chi connectivity index (χ1v) is 8.95. The van der Waals surface area contributed by atoms with Crippen molar-refractivity contribution in [2.75, 3.05) is 11.9 Å². The van der Waals surface area contributed by atoms with Crippen LogP contribution in [-0.2, 0) is 16.1 Å².